The molecule has 1 N–H and O–H groups in total. The first-order chi connectivity index (χ1) is 10.0. The molecule has 0 atom stereocenters. The van der Waals surface area contributed by atoms with Gasteiger partial charge in [0.15, 0.2) is 5.82 Å². The van der Waals surface area contributed by atoms with Gasteiger partial charge in [0.1, 0.15) is 5.75 Å². The minimum absolute atomic E-state index is 0.168. The number of phenols is 1. The summed E-state index contributed by atoms with van der Waals surface area (Å²) in [5, 5.41) is 14.3. The summed E-state index contributed by atoms with van der Waals surface area (Å²) in [4.78, 5) is 4.33. The van der Waals surface area contributed by atoms with E-state index in [1.54, 1.807) is 6.07 Å². The molecule has 0 aliphatic rings. The number of aromatic hydroxyl groups is 1. The Morgan fingerprint density at radius 3 is 2.09 bits per heavy atom. The Morgan fingerprint density at radius 2 is 1.64 bits per heavy atom. The van der Waals surface area contributed by atoms with Crippen molar-refractivity contribution in [1.29, 1.82) is 0 Å². The first kappa shape index (κ1) is 16.8. The largest absolute Gasteiger partial charge is 0.508 e. The lowest BCUT2D eigenvalue weighted by Crippen LogP contribution is -2.16. The van der Waals surface area contributed by atoms with E-state index in [1.807, 2.05) is 6.07 Å². The number of halogens is 1. The molecule has 4 nitrogen and oxygen atoms in total. The quantitative estimate of drug-likeness (QED) is 0.809. The summed E-state index contributed by atoms with van der Waals surface area (Å²) in [7, 11) is 0. The van der Waals surface area contributed by atoms with E-state index >= 15 is 0 Å². The Morgan fingerprint density at radius 1 is 1.05 bits per heavy atom. The first-order valence-electron chi connectivity index (χ1n) is 7.31. The molecule has 0 saturated carbocycles. The van der Waals surface area contributed by atoms with E-state index in [1.165, 1.54) is 0 Å². The van der Waals surface area contributed by atoms with Crippen molar-refractivity contribution in [1.82, 2.24) is 10.1 Å². The van der Waals surface area contributed by atoms with E-state index in [9.17, 15) is 5.11 Å². The second-order valence-electron chi connectivity index (χ2n) is 7.56. The molecule has 0 aliphatic heterocycles. The Hall–Kier alpha value is -1.55. The third kappa shape index (κ3) is 3.27. The van der Waals surface area contributed by atoms with Gasteiger partial charge in [0.05, 0.1) is 5.88 Å². The Bertz CT molecular complexity index is 679. The van der Waals surface area contributed by atoms with Gasteiger partial charge in [-0.3, -0.25) is 0 Å². The van der Waals surface area contributed by atoms with Crippen LogP contribution in [0.15, 0.2) is 16.7 Å². The average molecular weight is 323 g/mol. The maximum atomic E-state index is 10.4. The minimum atomic E-state index is -0.190. The fourth-order valence-electron chi connectivity index (χ4n) is 2.40. The van der Waals surface area contributed by atoms with E-state index in [2.05, 4.69) is 51.7 Å². The van der Waals surface area contributed by atoms with Crippen molar-refractivity contribution in [2.24, 2.45) is 0 Å². The van der Waals surface area contributed by atoms with Crippen molar-refractivity contribution in [3.05, 3.63) is 29.1 Å². The molecule has 0 radical (unpaired) electrons. The molecule has 5 heteroatoms. The molecule has 1 heterocycles. The highest BCUT2D eigenvalue weighted by Gasteiger charge is 2.27. The summed E-state index contributed by atoms with van der Waals surface area (Å²) >= 11 is 5.76. The van der Waals surface area contributed by atoms with Crippen molar-refractivity contribution in [2.45, 2.75) is 58.3 Å². The number of nitrogens with zero attached hydrogens (tertiary/aromatic N) is 2. The van der Waals surface area contributed by atoms with Gasteiger partial charge in [-0.2, -0.15) is 4.98 Å². The molecule has 0 aliphatic carbocycles. The number of hydrogen-bond acceptors (Lipinski definition) is 4. The highest BCUT2D eigenvalue weighted by molar-refractivity contribution is 6.16. The van der Waals surface area contributed by atoms with Crippen molar-refractivity contribution >= 4 is 11.6 Å². The van der Waals surface area contributed by atoms with E-state index < -0.39 is 0 Å². The van der Waals surface area contributed by atoms with E-state index in [0.29, 0.717) is 17.5 Å². The van der Waals surface area contributed by atoms with Crippen molar-refractivity contribution in [2.75, 3.05) is 0 Å². The summed E-state index contributed by atoms with van der Waals surface area (Å²) in [6.45, 7) is 12.4. The monoisotopic (exact) mass is 322 g/mol. The summed E-state index contributed by atoms with van der Waals surface area (Å²) < 4.78 is 5.36. The zero-order valence-corrected chi connectivity index (χ0v) is 14.7. The normalized spacial score (nSPS) is 12.7. The molecule has 1 aromatic heterocycles. The second kappa shape index (κ2) is 5.58. The van der Waals surface area contributed by atoms with Crippen LogP contribution >= 0.6 is 11.6 Å². The van der Waals surface area contributed by atoms with Crippen LogP contribution in [0.2, 0.25) is 0 Å². The molecule has 22 heavy (non-hydrogen) atoms. The Kier molecular flexibility index (Phi) is 4.26. The lowest BCUT2D eigenvalue weighted by molar-refractivity contribution is 0.421. The van der Waals surface area contributed by atoms with Gasteiger partial charge >= 0.3 is 0 Å². The standard InChI is InChI=1S/C17H23ClN2O2/c1-16(2,3)11-8-13(21)12(17(4,5)6)7-10(11)15-19-14(9-18)20-22-15/h7-8,21H,9H2,1-6H3. The van der Waals surface area contributed by atoms with Gasteiger partial charge in [-0.1, -0.05) is 46.7 Å². The third-order valence-electron chi connectivity index (χ3n) is 3.57. The number of hydrogen-bond donors (Lipinski definition) is 1. The second-order valence-corrected chi connectivity index (χ2v) is 7.83. The highest BCUT2D eigenvalue weighted by atomic mass is 35.5. The van der Waals surface area contributed by atoms with Gasteiger partial charge in [0, 0.05) is 11.1 Å². The molecule has 2 aromatic rings. The fraction of sp³-hybridized carbons (Fsp3) is 0.529. The SMILES string of the molecule is CC(C)(C)c1cc(-c2nc(CCl)no2)c(C(C)(C)C)cc1O. The Labute approximate surface area is 136 Å². The fourth-order valence-corrected chi connectivity index (χ4v) is 2.51. The number of benzene rings is 1. The summed E-state index contributed by atoms with van der Waals surface area (Å²) in [5.41, 5.74) is 2.30. The predicted molar refractivity (Wildman–Crippen MR) is 88.4 cm³/mol. The zero-order chi connectivity index (χ0) is 16.7. The zero-order valence-electron chi connectivity index (χ0n) is 14.0. The molecule has 0 unspecified atom stereocenters. The average Bonchev–Trinajstić information content (AvgIpc) is 2.84. The van der Waals surface area contributed by atoms with Gasteiger partial charge in [-0.05, 0) is 28.5 Å². The van der Waals surface area contributed by atoms with Crippen LogP contribution in [0.4, 0.5) is 0 Å². The lowest BCUT2D eigenvalue weighted by atomic mass is 9.78. The van der Waals surface area contributed by atoms with Crippen molar-refractivity contribution in [3.63, 3.8) is 0 Å². The molecule has 0 amide bonds. The third-order valence-corrected chi connectivity index (χ3v) is 3.81. The number of rotatable bonds is 2. The molecule has 0 spiro atoms. The molecule has 120 valence electrons. The van der Waals surface area contributed by atoms with Crippen LogP contribution in [0.25, 0.3) is 11.5 Å². The number of alkyl halides is 1. The topological polar surface area (TPSA) is 59.2 Å². The maximum Gasteiger partial charge on any atom is 0.258 e. The first-order valence-corrected chi connectivity index (χ1v) is 7.84. The van der Waals surface area contributed by atoms with E-state index in [0.717, 1.165) is 16.7 Å². The lowest BCUT2D eigenvalue weighted by Gasteiger charge is -2.26. The van der Waals surface area contributed by atoms with Crippen LogP contribution in [0.5, 0.6) is 5.75 Å². The van der Waals surface area contributed by atoms with Crippen LogP contribution in [0.3, 0.4) is 0 Å². The summed E-state index contributed by atoms with van der Waals surface area (Å²) in [6, 6.07) is 3.75. The molecular weight excluding hydrogens is 300 g/mol. The van der Waals surface area contributed by atoms with Crippen LogP contribution in [0.1, 0.15) is 58.5 Å². The Balaban J connectivity index is 2.72. The maximum absolute atomic E-state index is 10.4. The smallest absolute Gasteiger partial charge is 0.258 e. The molecule has 2 rings (SSSR count). The van der Waals surface area contributed by atoms with Crippen LogP contribution in [-0.2, 0) is 16.7 Å². The van der Waals surface area contributed by atoms with Crippen LogP contribution in [-0.4, -0.2) is 15.2 Å². The van der Waals surface area contributed by atoms with Gasteiger partial charge < -0.3 is 9.63 Å². The molecule has 0 fully saturated rings. The molecule has 0 saturated heterocycles. The van der Waals surface area contributed by atoms with Gasteiger partial charge in [0.25, 0.3) is 5.89 Å². The van der Waals surface area contributed by atoms with Crippen LogP contribution < -0.4 is 0 Å². The van der Waals surface area contributed by atoms with Crippen LogP contribution in [0, 0.1) is 0 Å². The van der Waals surface area contributed by atoms with E-state index in [-0.39, 0.29) is 16.7 Å². The highest BCUT2D eigenvalue weighted by Crippen LogP contribution is 2.40. The van der Waals surface area contributed by atoms with Crippen molar-refractivity contribution < 1.29 is 9.63 Å². The summed E-state index contributed by atoms with van der Waals surface area (Å²) in [5.74, 6) is 1.39. The van der Waals surface area contributed by atoms with Gasteiger partial charge in [-0.25, -0.2) is 0 Å². The van der Waals surface area contributed by atoms with Crippen molar-refractivity contribution in [3.8, 4) is 17.2 Å². The van der Waals surface area contributed by atoms with Gasteiger partial charge in [0.2, 0.25) is 0 Å². The van der Waals surface area contributed by atoms with E-state index in [4.69, 9.17) is 16.1 Å². The molecule has 1 aromatic carbocycles. The van der Waals surface area contributed by atoms with Gasteiger partial charge in [-0.15, -0.1) is 11.6 Å². The minimum Gasteiger partial charge on any atom is -0.508 e. The molecular formula is C17H23ClN2O2. The summed E-state index contributed by atoms with van der Waals surface area (Å²) in [6.07, 6.45) is 0. The molecule has 0 bridgehead atoms. The predicted octanol–water partition coefficient (Wildman–Crippen LogP) is 4.78. The number of aromatic nitrogens is 2. The number of phenolic OH excluding ortho intramolecular Hbond substituents is 1.